The average Bonchev–Trinajstić information content (AvgIpc) is 3.08. The van der Waals surface area contributed by atoms with Crippen LogP contribution in [0, 0.1) is 10.1 Å². The number of nitro groups is 1. The number of nitro benzene ring substituents is 1. The van der Waals surface area contributed by atoms with E-state index < -0.39 is 28.3 Å². The summed E-state index contributed by atoms with van der Waals surface area (Å²) in [6.45, 7) is 0. The Morgan fingerprint density at radius 1 is 1.11 bits per heavy atom. The fourth-order valence-electron chi connectivity index (χ4n) is 2.43. The van der Waals surface area contributed by atoms with Crippen molar-refractivity contribution in [3.05, 3.63) is 81.1 Å². The van der Waals surface area contributed by atoms with Crippen LogP contribution in [-0.4, -0.2) is 20.6 Å². The van der Waals surface area contributed by atoms with Crippen molar-refractivity contribution in [2.24, 2.45) is 0 Å². The van der Waals surface area contributed by atoms with Crippen molar-refractivity contribution >= 4 is 28.9 Å². The molecule has 1 aromatic heterocycles. The van der Waals surface area contributed by atoms with Crippen LogP contribution in [0.1, 0.15) is 16.1 Å². The Morgan fingerprint density at radius 3 is 2.25 bits per heavy atom. The maximum Gasteiger partial charge on any atom is 0.434 e. The SMILES string of the molecule is O=C(Nc1ccc([N+](=O)[O-])cc1)c1cnn(-c2ccc(Cl)cc2)c1C(F)(F)F. The van der Waals surface area contributed by atoms with Gasteiger partial charge in [-0.1, -0.05) is 11.6 Å². The highest BCUT2D eigenvalue weighted by Gasteiger charge is 2.40. The second-order valence-corrected chi connectivity index (χ2v) is 5.99. The van der Waals surface area contributed by atoms with Crippen LogP contribution in [0.2, 0.25) is 5.02 Å². The lowest BCUT2D eigenvalue weighted by molar-refractivity contribution is -0.384. The molecular weight excluding hydrogens is 401 g/mol. The number of carbonyl (C=O) groups excluding carboxylic acids is 1. The van der Waals surface area contributed by atoms with Crippen LogP contribution in [0.25, 0.3) is 5.69 Å². The molecule has 0 fully saturated rings. The summed E-state index contributed by atoms with van der Waals surface area (Å²) in [5, 5.41) is 16.9. The number of benzene rings is 2. The van der Waals surface area contributed by atoms with Crippen molar-refractivity contribution in [3.8, 4) is 5.69 Å². The van der Waals surface area contributed by atoms with Crippen molar-refractivity contribution in [1.29, 1.82) is 0 Å². The minimum absolute atomic E-state index is 0.0751. The van der Waals surface area contributed by atoms with Gasteiger partial charge in [0.05, 0.1) is 22.4 Å². The molecule has 0 spiro atoms. The molecule has 3 aromatic rings. The Balaban J connectivity index is 1.96. The largest absolute Gasteiger partial charge is 0.434 e. The molecule has 28 heavy (non-hydrogen) atoms. The van der Waals surface area contributed by atoms with Gasteiger partial charge < -0.3 is 5.32 Å². The van der Waals surface area contributed by atoms with Gasteiger partial charge in [-0.05, 0) is 36.4 Å². The van der Waals surface area contributed by atoms with E-state index in [1.165, 1.54) is 36.4 Å². The van der Waals surface area contributed by atoms with Crippen LogP contribution in [0.4, 0.5) is 24.5 Å². The van der Waals surface area contributed by atoms with Gasteiger partial charge in [-0.15, -0.1) is 0 Å². The first-order chi connectivity index (χ1) is 13.2. The van der Waals surface area contributed by atoms with Gasteiger partial charge in [0.25, 0.3) is 11.6 Å². The van der Waals surface area contributed by atoms with Gasteiger partial charge in [-0.2, -0.15) is 18.3 Å². The quantitative estimate of drug-likeness (QED) is 0.498. The molecule has 0 saturated heterocycles. The third-order valence-corrected chi connectivity index (χ3v) is 3.94. The topological polar surface area (TPSA) is 90.1 Å². The smallest absolute Gasteiger partial charge is 0.322 e. The molecule has 0 bridgehead atoms. The van der Waals surface area contributed by atoms with Gasteiger partial charge in [0.1, 0.15) is 0 Å². The zero-order valence-electron chi connectivity index (χ0n) is 13.8. The summed E-state index contributed by atoms with van der Waals surface area (Å²) in [5.41, 5.74) is -1.99. The van der Waals surface area contributed by atoms with Crippen LogP contribution >= 0.6 is 11.6 Å². The summed E-state index contributed by atoms with van der Waals surface area (Å²) < 4.78 is 41.4. The van der Waals surface area contributed by atoms with Crippen molar-refractivity contribution in [2.45, 2.75) is 6.18 Å². The monoisotopic (exact) mass is 410 g/mol. The fraction of sp³-hybridized carbons (Fsp3) is 0.0588. The molecule has 0 unspecified atom stereocenters. The van der Waals surface area contributed by atoms with Crippen molar-refractivity contribution in [3.63, 3.8) is 0 Å². The maximum absolute atomic E-state index is 13.6. The molecule has 0 aliphatic heterocycles. The van der Waals surface area contributed by atoms with E-state index in [9.17, 15) is 28.1 Å². The highest BCUT2D eigenvalue weighted by Crippen LogP contribution is 2.34. The number of hydrogen-bond acceptors (Lipinski definition) is 4. The fourth-order valence-corrected chi connectivity index (χ4v) is 2.56. The van der Waals surface area contributed by atoms with Crippen LogP contribution in [-0.2, 0) is 6.18 Å². The predicted octanol–water partition coefficient (Wildman–Crippen LogP) is 4.71. The molecule has 11 heteroatoms. The molecule has 0 radical (unpaired) electrons. The number of aromatic nitrogens is 2. The molecule has 0 atom stereocenters. The summed E-state index contributed by atoms with van der Waals surface area (Å²) >= 11 is 5.75. The summed E-state index contributed by atoms with van der Waals surface area (Å²) in [6.07, 6.45) is -4.06. The maximum atomic E-state index is 13.6. The summed E-state index contributed by atoms with van der Waals surface area (Å²) in [7, 11) is 0. The number of nitrogens with zero attached hydrogens (tertiary/aromatic N) is 3. The Kier molecular flexibility index (Phi) is 5.06. The summed E-state index contributed by atoms with van der Waals surface area (Å²) in [4.78, 5) is 22.4. The first kappa shape index (κ1) is 19.4. The van der Waals surface area contributed by atoms with Gasteiger partial charge in [-0.25, -0.2) is 4.68 Å². The van der Waals surface area contributed by atoms with E-state index in [-0.39, 0.29) is 17.1 Å². The second-order valence-electron chi connectivity index (χ2n) is 5.55. The predicted molar refractivity (Wildman–Crippen MR) is 94.6 cm³/mol. The minimum Gasteiger partial charge on any atom is -0.322 e. The zero-order valence-corrected chi connectivity index (χ0v) is 14.5. The van der Waals surface area contributed by atoms with Crippen LogP contribution < -0.4 is 5.32 Å². The Bertz CT molecular complexity index is 1030. The van der Waals surface area contributed by atoms with E-state index in [1.54, 1.807) is 0 Å². The van der Waals surface area contributed by atoms with Gasteiger partial charge in [0.15, 0.2) is 5.69 Å². The summed E-state index contributed by atoms with van der Waals surface area (Å²) in [6, 6.07) is 10.1. The molecule has 2 aromatic carbocycles. The normalized spacial score (nSPS) is 11.3. The standard InChI is InChI=1S/C17H10ClF3N4O3/c18-10-1-5-12(6-2-10)24-15(17(19,20)21)14(9-22-24)16(26)23-11-3-7-13(8-4-11)25(27)28/h1-9H,(H,23,26). The third-order valence-electron chi connectivity index (χ3n) is 3.69. The Hall–Kier alpha value is -3.40. The summed E-state index contributed by atoms with van der Waals surface area (Å²) in [5.74, 6) is -1.05. The lowest BCUT2D eigenvalue weighted by Crippen LogP contribution is -2.20. The van der Waals surface area contributed by atoms with Crippen molar-refractivity contribution < 1.29 is 22.9 Å². The van der Waals surface area contributed by atoms with Crippen LogP contribution in [0.15, 0.2) is 54.7 Å². The van der Waals surface area contributed by atoms with E-state index in [1.807, 2.05) is 0 Å². The van der Waals surface area contributed by atoms with E-state index in [0.29, 0.717) is 9.70 Å². The van der Waals surface area contributed by atoms with E-state index in [4.69, 9.17) is 11.6 Å². The lowest BCUT2D eigenvalue weighted by Gasteiger charge is -2.13. The van der Waals surface area contributed by atoms with Crippen LogP contribution in [0.3, 0.4) is 0 Å². The number of halogens is 4. The molecule has 0 saturated carbocycles. The number of anilines is 1. The average molecular weight is 411 g/mol. The number of carbonyl (C=O) groups is 1. The molecule has 0 aliphatic carbocycles. The molecule has 1 amide bonds. The Labute approximate surface area is 160 Å². The molecule has 3 rings (SSSR count). The van der Waals surface area contributed by atoms with Crippen LogP contribution in [0.5, 0.6) is 0 Å². The lowest BCUT2D eigenvalue weighted by atomic mass is 10.2. The third kappa shape index (κ3) is 3.96. The number of alkyl halides is 3. The molecular formula is C17H10ClF3N4O3. The number of hydrogen-bond donors (Lipinski definition) is 1. The minimum atomic E-state index is -4.86. The zero-order chi connectivity index (χ0) is 20.5. The first-order valence-corrected chi connectivity index (χ1v) is 8.01. The number of amides is 1. The van der Waals surface area contributed by atoms with Gasteiger partial charge in [-0.3, -0.25) is 14.9 Å². The highest BCUT2D eigenvalue weighted by molar-refractivity contribution is 6.30. The Morgan fingerprint density at radius 2 is 1.71 bits per heavy atom. The highest BCUT2D eigenvalue weighted by atomic mass is 35.5. The van der Waals surface area contributed by atoms with E-state index in [2.05, 4.69) is 10.4 Å². The molecule has 7 nitrogen and oxygen atoms in total. The molecule has 0 aliphatic rings. The first-order valence-electron chi connectivity index (χ1n) is 7.64. The van der Waals surface area contributed by atoms with Gasteiger partial charge in [0.2, 0.25) is 0 Å². The molecule has 1 heterocycles. The molecule has 144 valence electrons. The number of nitrogens with one attached hydrogen (secondary N) is 1. The number of non-ortho nitro benzene ring substituents is 1. The molecule has 1 N–H and O–H groups in total. The van der Waals surface area contributed by atoms with Gasteiger partial charge >= 0.3 is 6.18 Å². The van der Waals surface area contributed by atoms with E-state index >= 15 is 0 Å². The second kappa shape index (κ2) is 7.31. The van der Waals surface area contributed by atoms with E-state index in [0.717, 1.165) is 18.3 Å². The van der Waals surface area contributed by atoms with Crippen molar-refractivity contribution in [2.75, 3.05) is 5.32 Å². The van der Waals surface area contributed by atoms with Crippen molar-refractivity contribution in [1.82, 2.24) is 9.78 Å². The van der Waals surface area contributed by atoms with Gasteiger partial charge in [0, 0.05) is 22.8 Å². The number of rotatable bonds is 4.